The van der Waals surface area contributed by atoms with E-state index in [2.05, 4.69) is 10.9 Å². The van der Waals surface area contributed by atoms with Gasteiger partial charge in [-0.1, -0.05) is 11.6 Å². The number of likely N-dealkylation sites (tertiary alicyclic amines) is 1. The summed E-state index contributed by atoms with van der Waals surface area (Å²) in [6.07, 6.45) is 2.11. The minimum Gasteiger partial charge on any atom is -0.497 e. The van der Waals surface area contributed by atoms with Crippen LogP contribution in [-0.4, -0.2) is 54.8 Å². The summed E-state index contributed by atoms with van der Waals surface area (Å²) in [5.74, 6) is 2.37. The van der Waals surface area contributed by atoms with Crippen LogP contribution in [-0.2, 0) is 0 Å². The summed E-state index contributed by atoms with van der Waals surface area (Å²) >= 11 is 7.34. The summed E-state index contributed by atoms with van der Waals surface area (Å²) in [6.45, 7) is -0.636. The first-order valence-corrected chi connectivity index (χ1v) is 10.4. The van der Waals surface area contributed by atoms with E-state index >= 15 is 0 Å². The first-order valence-electron chi connectivity index (χ1n) is 9.09. The molecule has 0 saturated carbocycles. The van der Waals surface area contributed by atoms with Gasteiger partial charge in [0.2, 0.25) is 0 Å². The van der Waals surface area contributed by atoms with Crippen LogP contribution < -0.4 is 9.64 Å². The van der Waals surface area contributed by atoms with Gasteiger partial charge >= 0.3 is 6.18 Å². The molecule has 1 saturated heterocycles. The van der Waals surface area contributed by atoms with E-state index in [4.69, 9.17) is 22.8 Å². The SMILES string of the molecule is C#Cc1nc(C(=O)N(c2cc(Cl)cc(OC)c2)[C@@H]2CCCN(CC(F)(F)F)C2)cs1. The lowest BCUT2D eigenvalue weighted by atomic mass is 10.0. The van der Waals surface area contributed by atoms with Crippen molar-refractivity contribution < 1.29 is 22.7 Å². The quantitative estimate of drug-likeness (QED) is 0.622. The van der Waals surface area contributed by atoms with E-state index in [0.29, 0.717) is 40.9 Å². The Balaban J connectivity index is 1.98. The van der Waals surface area contributed by atoms with Gasteiger partial charge in [0.15, 0.2) is 5.01 Å². The number of carbonyl (C=O) groups excluding carboxylic acids is 1. The first kappa shape index (κ1) is 22.4. The number of alkyl halides is 3. The van der Waals surface area contributed by atoms with Crippen molar-refractivity contribution in [1.82, 2.24) is 9.88 Å². The van der Waals surface area contributed by atoms with Gasteiger partial charge in [0, 0.05) is 28.7 Å². The van der Waals surface area contributed by atoms with E-state index in [-0.39, 0.29) is 12.2 Å². The van der Waals surface area contributed by atoms with Crippen molar-refractivity contribution in [3.8, 4) is 18.1 Å². The molecule has 1 aliphatic rings. The molecule has 1 aromatic carbocycles. The Bertz CT molecular complexity index is 958. The normalized spacial score (nSPS) is 17.4. The molecule has 1 aliphatic heterocycles. The summed E-state index contributed by atoms with van der Waals surface area (Å²) in [6, 6.07) is 4.30. The standard InChI is InChI=1S/C20H19ClF3N3O2S/c1-3-18-25-17(11-30-18)19(28)27(15-7-13(21)8-16(9-15)29-2)14-5-4-6-26(10-14)12-20(22,23)24/h1,7-9,11,14H,4-6,10,12H2,2H3/t14-/m1/s1. The second kappa shape index (κ2) is 9.25. The highest BCUT2D eigenvalue weighted by molar-refractivity contribution is 7.10. The monoisotopic (exact) mass is 457 g/mol. The molecule has 1 atom stereocenters. The van der Waals surface area contributed by atoms with Crippen LogP contribution in [0.1, 0.15) is 28.3 Å². The van der Waals surface area contributed by atoms with Gasteiger partial charge in [-0.2, -0.15) is 13.2 Å². The van der Waals surface area contributed by atoms with Gasteiger partial charge < -0.3 is 9.64 Å². The largest absolute Gasteiger partial charge is 0.497 e. The van der Waals surface area contributed by atoms with Gasteiger partial charge in [-0.25, -0.2) is 4.98 Å². The fourth-order valence-corrected chi connectivity index (χ4v) is 4.31. The molecule has 1 amide bonds. The van der Waals surface area contributed by atoms with Crippen molar-refractivity contribution in [2.75, 3.05) is 31.6 Å². The molecular weight excluding hydrogens is 439 g/mol. The highest BCUT2D eigenvalue weighted by Crippen LogP contribution is 2.32. The number of hydrogen-bond acceptors (Lipinski definition) is 5. The number of benzene rings is 1. The average molecular weight is 458 g/mol. The van der Waals surface area contributed by atoms with Crippen LogP contribution in [0, 0.1) is 12.3 Å². The minimum absolute atomic E-state index is 0.0756. The molecule has 2 heterocycles. The number of piperidine rings is 1. The molecule has 5 nitrogen and oxygen atoms in total. The van der Waals surface area contributed by atoms with Crippen LogP contribution in [0.25, 0.3) is 0 Å². The van der Waals surface area contributed by atoms with E-state index < -0.39 is 24.7 Å². The Hall–Kier alpha value is -2.28. The molecule has 3 rings (SSSR count). The average Bonchev–Trinajstić information content (AvgIpc) is 3.16. The number of halogens is 4. The molecular formula is C20H19ClF3N3O2S. The summed E-state index contributed by atoms with van der Waals surface area (Å²) in [4.78, 5) is 20.3. The van der Waals surface area contributed by atoms with Crippen molar-refractivity contribution >= 4 is 34.5 Å². The zero-order chi connectivity index (χ0) is 21.9. The molecule has 1 fully saturated rings. The van der Waals surface area contributed by atoms with Crippen molar-refractivity contribution in [2.45, 2.75) is 25.1 Å². The van der Waals surface area contributed by atoms with Crippen LogP contribution in [0.2, 0.25) is 5.02 Å². The summed E-state index contributed by atoms with van der Waals surface area (Å²) in [5, 5.41) is 2.24. The maximum atomic E-state index is 13.4. The first-order chi connectivity index (χ1) is 14.2. The lowest BCUT2D eigenvalue weighted by Gasteiger charge is -2.39. The number of terminal acetylenes is 1. The molecule has 30 heavy (non-hydrogen) atoms. The molecule has 160 valence electrons. The van der Waals surface area contributed by atoms with Crippen LogP contribution in [0.5, 0.6) is 5.75 Å². The Labute approximate surface area is 181 Å². The van der Waals surface area contributed by atoms with E-state index in [1.54, 1.807) is 23.6 Å². The van der Waals surface area contributed by atoms with Crippen LogP contribution >= 0.6 is 22.9 Å². The molecule has 2 aromatic rings. The second-order valence-corrected chi connectivity index (χ2v) is 8.15. The van der Waals surface area contributed by atoms with Crippen LogP contribution in [0.3, 0.4) is 0 Å². The number of nitrogens with zero attached hydrogens (tertiary/aromatic N) is 3. The zero-order valence-electron chi connectivity index (χ0n) is 16.1. The summed E-state index contributed by atoms with van der Waals surface area (Å²) in [7, 11) is 1.47. The number of anilines is 1. The van der Waals surface area contributed by atoms with Crippen LogP contribution in [0.15, 0.2) is 23.6 Å². The third-order valence-electron chi connectivity index (χ3n) is 4.68. The number of ether oxygens (including phenoxy) is 1. The third kappa shape index (κ3) is 5.45. The zero-order valence-corrected chi connectivity index (χ0v) is 17.7. The Kier molecular flexibility index (Phi) is 6.91. The minimum atomic E-state index is -4.31. The third-order valence-corrected chi connectivity index (χ3v) is 5.68. The fourth-order valence-electron chi connectivity index (χ4n) is 3.50. The smallest absolute Gasteiger partial charge is 0.401 e. The van der Waals surface area contributed by atoms with Gasteiger partial charge in [0.05, 0.1) is 19.7 Å². The van der Waals surface area contributed by atoms with Crippen molar-refractivity contribution in [3.63, 3.8) is 0 Å². The van der Waals surface area contributed by atoms with Gasteiger partial charge in [-0.15, -0.1) is 17.8 Å². The highest BCUT2D eigenvalue weighted by Gasteiger charge is 2.36. The molecule has 1 aromatic heterocycles. The van der Waals surface area contributed by atoms with E-state index in [1.807, 2.05) is 0 Å². The van der Waals surface area contributed by atoms with E-state index in [1.165, 1.54) is 16.9 Å². The van der Waals surface area contributed by atoms with Gasteiger partial charge in [0.1, 0.15) is 11.4 Å². The van der Waals surface area contributed by atoms with Gasteiger partial charge in [-0.3, -0.25) is 9.69 Å². The predicted octanol–water partition coefficient (Wildman–Crippen LogP) is 4.46. The molecule has 0 N–H and O–H groups in total. The number of thiazole rings is 1. The highest BCUT2D eigenvalue weighted by atomic mass is 35.5. The number of carbonyl (C=O) groups is 1. The molecule has 0 bridgehead atoms. The predicted molar refractivity (Wildman–Crippen MR) is 110 cm³/mol. The van der Waals surface area contributed by atoms with Crippen LogP contribution in [0.4, 0.5) is 18.9 Å². The Morgan fingerprint density at radius 3 is 2.87 bits per heavy atom. The number of hydrogen-bond donors (Lipinski definition) is 0. The lowest BCUT2D eigenvalue weighted by molar-refractivity contribution is -0.148. The fraction of sp³-hybridized carbons (Fsp3) is 0.400. The molecule has 0 unspecified atom stereocenters. The van der Waals surface area contributed by atoms with Gasteiger partial charge in [-0.05, 0) is 37.4 Å². The lowest BCUT2D eigenvalue weighted by Crippen LogP contribution is -2.52. The maximum Gasteiger partial charge on any atom is 0.401 e. The Morgan fingerprint density at radius 1 is 1.47 bits per heavy atom. The topological polar surface area (TPSA) is 45.7 Å². The molecule has 10 heteroatoms. The summed E-state index contributed by atoms with van der Waals surface area (Å²) in [5.41, 5.74) is 0.568. The van der Waals surface area contributed by atoms with Crippen molar-refractivity contribution in [1.29, 1.82) is 0 Å². The van der Waals surface area contributed by atoms with Crippen molar-refractivity contribution in [3.05, 3.63) is 39.3 Å². The van der Waals surface area contributed by atoms with E-state index in [0.717, 1.165) is 11.3 Å². The van der Waals surface area contributed by atoms with E-state index in [9.17, 15) is 18.0 Å². The number of rotatable bonds is 5. The number of amides is 1. The molecule has 0 aliphatic carbocycles. The van der Waals surface area contributed by atoms with Gasteiger partial charge in [0.25, 0.3) is 5.91 Å². The van der Waals surface area contributed by atoms with Crippen molar-refractivity contribution in [2.24, 2.45) is 0 Å². The number of aromatic nitrogens is 1. The molecule has 0 spiro atoms. The Morgan fingerprint density at radius 2 is 2.23 bits per heavy atom. The number of methoxy groups -OCH3 is 1. The summed E-state index contributed by atoms with van der Waals surface area (Å²) < 4.78 is 44.0. The second-order valence-electron chi connectivity index (χ2n) is 6.85. The molecule has 0 radical (unpaired) electrons. The maximum absolute atomic E-state index is 13.4.